The van der Waals surface area contributed by atoms with Crippen LogP contribution in [0.1, 0.15) is 26.7 Å². The van der Waals surface area contributed by atoms with Crippen molar-refractivity contribution in [1.29, 1.82) is 0 Å². The Morgan fingerprint density at radius 3 is 1.94 bits per heavy atom. The summed E-state index contributed by atoms with van der Waals surface area (Å²) < 4.78 is 4.59. The van der Waals surface area contributed by atoms with E-state index in [0.29, 0.717) is 0 Å². The van der Waals surface area contributed by atoms with E-state index in [1.54, 1.807) is 0 Å². The van der Waals surface area contributed by atoms with Gasteiger partial charge >= 0.3 is 17.9 Å². The van der Waals surface area contributed by atoms with Crippen LogP contribution < -0.4 is 5.73 Å². The predicted molar refractivity (Wildman–Crippen MR) is 53.8 cm³/mol. The minimum Gasteiger partial charge on any atom is -0.481 e. The second-order valence-corrected chi connectivity index (χ2v) is 4.16. The Balaban J connectivity index is 4.72. The summed E-state index contributed by atoms with van der Waals surface area (Å²) in [6.07, 6.45) is -2.10. The van der Waals surface area contributed by atoms with E-state index in [4.69, 9.17) is 15.9 Å². The number of hydrogen-bond acceptors (Lipinski definition) is 6. The molecule has 0 aromatic rings. The number of esters is 1. The average molecular weight is 249 g/mol. The van der Waals surface area contributed by atoms with Gasteiger partial charge in [-0.1, -0.05) is 0 Å². The van der Waals surface area contributed by atoms with Gasteiger partial charge in [0.05, 0.1) is 12.8 Å². The van der Waals surface area contributed by atoms with Crippen LogP contribution in [0.2, 0.25) is 0 Å². The average Bonchev–Trinajstić information content (AvgIpc) is 1.96. The van der Waals surface area contributed by atoms with Crippen molar-refractivity contribution >= 4 is 17.9 Å². The first-order valence-electron chi connectivity index (χ1n) is 4.64. The van der Waals surface area contributed by atoms with Crippen LogP contribution in [0.5, 0.6) is 0 Å². The van der Waals surface area contributed by atoms with Crippen LogP contribution in [-0.4, -0.2) is 44.6 Å². The molecule has 0 saturated carbocycles. The molecule has 0 saturated heterocycles. The number of carbonyl (C=O) groups excluding carboxylic acids is 1. The Bertz CT molecular complexity index is 333. The number of rotatable bonds is 6. The highest BCUT2D eigenvalue weighted by molar-refractivity contribution is 5.88. The van der Waals surface area contributed by atoms with Gasteiger partial charge in [-0.3, -0.25) is 15.3 Å². The summed E-state index contributed by atoms with van der Waals surface area (Å²) >= 11 is 0. The van der Waals surface area contributed by atoms with Gasteiger partial charge in [0.25, 0.3) is 0 Å². The molecule has 0 radical (unpaired) electrons. The van der Waals surface area contributed by atoms with Crippen LogP contribution in [-0.2, 0) is 19.1 Å². The number of nitrogens with two attached hydrogens (primary N) is 1. The summed E-state index contributed by atoms with van der Waals surface area (Å²) in [4.78, 5) is 32.3. The fraction of sp³-hybridized carbons (Fsp3) is 0.667. The largest absolute Gasteiger partial charge is 0.481 e. The van der Waals surface area contributed by atoms with Gasteiger partial charge in [0.15, 0.2) is 11.3 Å². The second-order valence-electron chi connectivity index (χ2n) is 4.16. The molecule has 0 aromatic carbocycles. The molecule has 0 amide bonds. The highest BCUT2D eigenvalue weighted by Gasteiger charge is 2.42. The molecular formula is C9H15NO7. The van der Waals surface area contributed by atoms with Gasteiger partial charge in [-0.25, -0.2) is 4.79 Å². The van der Waals surface area contributed by atoms with Crippen molar-refractivity contribution in [2.24, 2.45) is 5.73 Å². The maximum absolute atomic E-state index is 11.2. The number of carboxylic acid groups (broad SMARTS) is 2. The third kappa shape index (κ3) is 5.83. The Morgan fingerprint density at radius 2 is 1.65 bits per heavy atom. The third-order valence-electron chi connectivity index (χ3n) is 1.66. The van der Waals surface area contributed by atoms with Crippen molar-refractivity contribution in [2.75, 3.05) is 0 Å². The summed E-state index contributed by atoms with van der Waals surface area (Å²) in [6, 6.07) is 0. The third-order valence-corrected chi connectivity index (χ3v) is 1.66. The summed E-state index contributed by atoms with van der Waals surface area (Å²) in [5.41, 5.74) is 1.31. The lowest BCUT2D eigenvalue weighted by atomic mass is 9.96. The summed E-state index contributed by atoms with van der Waals surface area (Å²) in [7, 11) is 0. The van der Waals surface area contributed by atoms with Crippen molar-refractivity contribution in [3.63, 3.8) is 0 Å². The number of carboxylic acids is 2. The summed E-state index contributed by atoms with van der Waals surface area (Å²) in [5.74, 6) is -4.45. The highest BCUT2D eigenvalue weighted by Crippen LogP contribution is 2.18. The van der Waals surface area contributed by atoms with Gasteiger partial charge in [-0.05, 0) is 13.8 Å². The standard InChI is InChI=1S/C9H15NO7/c1-8(2,10)17-6(13)4-9(16,7(14)15)3-5(11)12/h16H,3-4,10H2,1-2H3,(H,11,12)(H,14,15). The van der Waals surface area contributed by atoms with Gasteiger partial charge in [-0.15, -0.1) is 0 Å². The van der Waals surface area contributed by atoms with E-state index in [-0.39, 0.29) is 0 Å². The van der Waals surface area contributed by atoms with E-state index in [1.807, 2.05) is 0 Å². The molecule has 0 aliphatic rings. The molecule has 17 heavy (non-hydrogen) atoms. The van der Waals surface area contributed by atoms with Crippen molar-refractivity contribution < 1.29 is 34.4 Å². The second kappa shape index (κ2) is 5.11. The van der Waals surface area contributed by atoms with E-state index in [0.717, 1.165) is 0 Å². The first-order chi connectivity index (χ1) is 7.46. The van der Waals surface area contributed by atoms with Gasteiger partial charge < -0.3 is 20.1 Å². The van der Waals surface area contributed by atoms with E-state index < -0.39 is 42.1 Å². The molecule has 0 aliphatic heterocycles. The molecule has 5 N–H and O–H groups in total. The quantitative estimate of drug-likeness (QED) is 0.342. The normalized spacial score (nSPS) is 14.8. The number of hydrogen-bond donors (Lipinski definition) is 4. The summed E-state index contributed by atoms with van der Waals surface area (Å²) in [5, 5.41) is 26.6. The van der Waals surface area contributed by atoms with Gasteiger partial charge in [0.2, 0.25) is 0 Å². The molecule has 1 unspecified atom stereocenters. The van der Waals surface area contributed by atoms with Crippen molar-refractivity contribution in [1.82, 2.24) is 0 Å². The zero-order valence-corrected chi connectivity index (χ0v) is 9.47. The minimum atomic E-state index is -2.70. The lowest BCUT2D eigenvalue weighted by molar-refractivity contribution is -0.176. The number of carbonyl (C=O) groups is 3. The van der Waals surface area contributed by atoms with Gasteiger partial charge in [0.1, 0.15) is 0 Å². The lowest BCUT2D eigenvalue weighted by Gasteiger charge is -2.24. The monoisotopic (exact) mass is 249 g/mol. The fourth-order valence-electron chi connectivity index (χ4n) is 1.03. The molecular weight excluding hydrogens is 234 g/mol. The van der Waals surface area contributed by atoms with Crippen molar-refractivity contribution in [3.05, 3.63) is 0 Å². The first-order valence-corrected chi connectivity index (χ1v) is 4.64. The topological polar surface area (TPSA) is 147 Å². The molecule has 0 rings (SSSR count). The van der Waals surface area contributed by atoms with E-state index in [2.05, 4.69) is 4.74 Å². The smallest absolute Gasteiger partial charge is 0.336 e. The Hall–Kier alpha value is -1.67. The first kappa shape index (κ1) is 15.3. The fourth-order valence-corrected chi connectivity index (χ4v) is 1.03. The molecule has 0 aliphatic carbocycles. The Kier molecular flexibility index (Phi) is 4.60. The van der Waals surface area contributed by atoms with Crippen LogP contribution in [0, 0.1) is 0 Å². The molecule has 0 aromatic heterocycles. The molecule has 0 bridgehead atoms. The molecule has 1 atom stereocenters. The molecule has 8 nitrogen and oxygen atoms in total. The van der Waals surface area contributed by atoms with E-state index in [9.17, 15) is 19.5 Å². The summed E-state index contributed by atoms with van der Waals surface area (Å²) in [6.45, 7) is 2.70. The number of aliphatic hydroxyl groups is 1. The molecule has 0 spiro atoms. The minimum absolute atomic E-state index is 0.991. The molecule has 98 valence electrons. The van der Waals surface area contributed by atoms with E-state index in [1.165, 1.54) is 13.8 Å². The SMILES string of the molecule is CC(C)(N)OC(=O)CC(O)(CC(=O)O)C(=O)O. The molecule has 0 fully saturated rings. The highest BCUT2D eigenvalue weighted by atomic mass is 16.6. The Morgan fingerprint density at radius 1 is 1.18 bits per heavy atom. The number of ether oxygens (including phenoxy) is 1. The van der Waals surface area contributed by atoms with Crippen molar-refractivity contribution in [3.8, 4) is 0 Å². The molecule has 8 heteroatoms. The predicted octanol–water partition coefficient (Wildman–Crippen LogP) is -1.10. The van der Waals surface area contributed by atoms with Crippen LogP contribution in [0.15, 0.2) is 0 Å². The zero-order valence-electron chi connectivity index (χ0n) is 9.47. The van der Waals surface area contributed by atoms with Crippen LogP contribution in [0.25, 0.3) is 0 Å². The van der Waals surface area contributed by atoms with E-state index >= 15 is 0 Å². The van der Waals surface area contributed by atoms with Crippen LogP contribution >= 0.6 is 0 Å². The van der Waals surface area contributed by atoms with Gasteiger partial charge in [-0.2, -0.15) is 0 Å². The lowest BCUT2D eigenvalue weighted by Crippen LogP contribution is -2.45. The van der Waals surface area contributed by atoms with Gasteiger partial charge in [0, 0.05) is 0 Å². The number of aliphatic carboxylic acids is 2. The maximum Gasteiger partial charge on any atom is 0.336 e. The Labute approximate surface area is 97.0 Å². The van der Waals surface area contributed by atoms with Crippen LogP contribution in [0.3, 0.4) is 0 Å². The zero-order chi connectivity index (χ0) is 13.9. The molecule has 0 heterocycles. The van der Waals surface area contributed by atoms with Crippen LogP contribution in [0.4, 0.5) is 0 Å². The van der Waals surface area contributed by atoms with Crippen molar-refractivity contribution in [2.45, 2.75) is 38.0 Å². The maximum atomic E-state index is 11.2.